The summed E-state index contributed by atoms with van der Waals surface area (Å²) < 4.78 is 16.7. The lowest BCUT2D eigenvalue weighted by Crippen LogP contribution is -2.30. The first-order valence-electron chi connectivity index (χ1n) is 23.2. The molecule has 0 saturated heterocycles. The molecular weight excluding hydrogens is 661 g/mol. The average molecular weight is 749 g/mol. The third kappa shape index (κ3) is 41.2. The van der Waals surface area contributed by atoms with E-state index in [4.69, 9.17) is 14.2 Å². The number of carbonyl (C=O) groups is 3. The Kier molecular flexibility index (Phi) is 41.4. The molecule has 0 heterocycles. The van der Waals surface area contributed by atoms with Gasteiger partial charge in [0.2, 0.25) is 0 Å². The Labute approximate surface area is 329 Å². The minimum atomic E-state index is -0.763. The number of ether oxygens (including phenoxy) is 3. The number of hydrogen-bond donors (Lipinski definition) is 0. The summed E-state index contributed by atoms with van der Waals surface area (Å²) in [4.78, 5) is 37.6. The summed E-state index contributed by atoms with van der Waals surface area (Å²) in [5.41, 5.74) is 0. The Bertz CT molecular complexity index is 824. The van der Waals surface area contributed by atoms with Gasteiger partial charge in [-0.05, 0) is 44.9 Å². The lowest BCUT2D eigenvalue weighted by Gasteiger charge is -2.18. The first-order chi connectivity index (χ1) is 26.0. The third-order valence-corrected chi connectivity index (χ3v) is 10.3. The van der Waals surface area contributed by atoms with Gasteiger partial charge in [-0.15, -0.1) is 0 Å². The fraction of sp³-hybridized carbons (Fsp3) is 0.894. The van der Waals surface area contributed by atoms with Crippen LogP contribution in [0.4, 0.5) is 0 Å². The van der Waals surface area contributed by atoms with Crippen LogP contribution >= 0.6 is 0 Å². The number of esters is 3. The summed E-state index contributed by atoms with van der Waals surface area (Å²) in [6, 6.07) is 0. The van der Waals surface area contributed by atoms with Crippen molar-refractivity contribution < 1.29 is 28.6 Å². The lowest BCUT2D eigenvalue weighted by molar-refractivity contribution is -0.167. The summed E-state index contributed by atoms with van der Waals surface area (Å²) >= 11 is 0. The summed E-state index contributed by atoms with van der Waals surface area (Å²) in [7, 11) is 0. The van der Waals surface area contributed by atoms with Gasteiger partial charge in [0.15, 0.2) is 6.10 Å². The standard InChI is InChI=1S/C47H88O6/c1-4-7-10-13-16-18-20-22-23-24-25-27-28-31-34-37-40-46(49)52-43-44(42-51-45(48)39-36-33-30-15-12-9-6-3)53-47(50)41-38-35-32-29-26-21-19-17-14-11-8-5-2/h23-24,44H,4-22,25-43H2,1-3H3/b24-23-. The Morgan fingerprint density at radius 3 is 0.943 bits per heavy atom. The van der Waals surface area contributed by atoms with Crippen molar-refractivity contribution >= 4 is 17.9 Å². The minimum absolute atomic E-state index is 0.0692. The van der Waals surface area contributed by atoms with E-state index in [9.17, 15) is 14.4 Å². The maximum absolute atomic E-state index is 12.7. The van der Waals surface area contributed by atoms with E-state index in [0.29, 0.717) is 19.3 Å². The maximum Gasteiger partial charge on any atom is 0.306 e. The highest BCUT2D eigenvalue weighted by molar-refractivity contribution is 5.71. The van der Waals surface area contributed by atoms with E-state index in [-0.39, 0.29) is 31.1 Å². The van der Waals surface area contributed by atoms with Crippen LogP contribution in [0.25, 0.3) is 0 Å². The summed E-state index contributed by atoms with van der Waals surface area (Å²) in [6.45, 7) is 6.59. The zero-order valence-electron chi connectivity index (χ0n) is 35.6. The van der Waals surface area contributed by atoms with Gasteiger partial charge in [-0.2, -0.15) is 0 Å². The molecule has 312 valence electrons. The van der Waals surface area contributed by atoms with Gasteiger partial charge >= 0.3 is 17.9 Å². The van der Waals surface area contributed by atoms with Crippen molar-refractivity contribution in [2.24, 2.45) is 0 Å². The molecule has 53 heavy (non-hydrogen) atoms. The van der Waals surface area contributed by atoms with Crippen LogP contribution in [-0.4, -0.2) is 37.2 Å². The van der Waals surface area contributed by atoms with Gasteiger partial charge < -0.3 is 14.2 Å². The van der Waals surface area contributed by atoms with Gasteiger partial charge in [-0.1, -0.05) is 200 Å². The molecule has 0 aromatic carbocycles. The average Bonchev–Trinajstić information content (AvgIpc) is 3.15. The van der Waals surface area contributed by atoms with Crippen LogP contribution in [-0.2, 0) is 28.6 Å². The Hall–Kier alpha value is -1.85. The number of carbonyl (C=O) groups excluding carboxylic acids is 3. The highest BCUT2D eigenvalue weighted by Gasteiger charge is 2.19. The van der Waals surface area contributed by atoms with E-state index in [1.54, 1.807) is 0 Å². The second-order valence-corrected chi connectivity index (χ2v) is 15.7. The molecule has 0 aliphatic heterocycles. The van der Waals surface area contributed by atoms with Crippen molar-refractivity contribution in [3.05, 3.63) is 12.2 Å². The van der Waals surface area contributed by atoms with Crippen molar-refractivity contribution in [3.8, 4) is 0 Å². The molecule has 0 N–H and O–H groups in total. The van der Waals surface area contributed by atoms with E-state index >= 15 is 0 Å². The number of unbranched alkanes of at least 4 members (excludes halogenated alkanes) is 29. The van der Waals surface area contributed by atoms with Crippen LogP contribution in [0.1, 0.15) is 252 Å². The normalized spacial score (nSPS) is 12.0. The summed E-state index contributed by atoms with van der Waals surface area (Å²) in [5, 5.41) is 0. The van der Waals surface area contributed by atoms with Crippen LogP contribution in [0, 0.1) is 0 Å². The molecule has 0 aromatic heterocycles. The van der Waals surface area contributed by atoms with Crippen LogP contribution in [0.5, 0.6) is 0 Å². The van der Waals surface area contributed by atoms with Crippen molar-refractivity contribution in [3.63, 3.8) is 0 Å². The lowest BCUT2D eigenvalue weighted by atomic mass is 10.0. The van der Waals surface area contributed by atoms with E-state index in [1.807, 2.05) is 0 Å². The number of allylic oxidation sites excluding steroid dienone is 2. The van der Waals surface area contributed by atoms with Gasteiger partial charge in [-0.25, -0.2) is 0 Å². The molecule has 0 aromatic rings. The Morgan fingerprint density at radius 2 is 0.623 bits per heavy atom. The molecule has 1 atom stereocenters. The first-order valence-corrected chi connectivity index (χ1v) is 23.2. The fourth-order valence-corrected chi connectivity index (χ4v) is 6.73. The quantitative estimate of drug-likeness (QED) is 0.0268. The zero-order chi connectivity index (χ0) is 38.7. The molecule has 0 fully saturated rings. The monoisotopic (exact) mass is 749 g/mol. The van der Waals surface area contributed by atoms with Crippen molar-refractivity contribution in [2.45, 2.75) is 258 Å². The molecule has 6 nitrogen and oxygen atoms in total. The fourth-order valence-electron chi connectivity index (χ4n) is 6.73. The minimum Gasteiger partial charge on any atom is -0.462 e. The van der Waals surface area contributed by atoms with Gasteiger partial charge in [-0.3, -0.25) is 14.4 Å². The van der Waals surface area contributed by atoms with Gasteiger partial charge in [0.1, 0.15) is 13.2 Å². The van der Waals surface area contributed by atoms with Gasteiger partial charge in [0.25, 0.3) is 0 Å². The number of hydrogen-bond acceptors (Lipinski definition) is 6. The molecule has 0 spiro atoms. The second kappa shape index (κ2) is 42.9. The third-order valence-electron chi connectivity index (χ3n) is 10.3. The molecule has 0 rings (SSSR count). The van der Waals surface area contributed by atoms with Crippen LogP contribution < -0.4 is 0 Å². The molecule has 0 amide bonds. The van der Waals surface area contributed by atoms with E-state index in [1.165, 1.54) is 148 Å². The second-order valence-electron chi connectivity index (χ2n) is 15.7. The van der Waals surface area contributed by atoms with Gasteiger partial charge in [0.05, 0.1) is 0 Å². The van der Waals surface area contributed by atoms with E-state index in [0.717, 1.165) is 64.2 Å². The molecular formula is C47H88O6. The van der Waals surface area contributed by atoms with Crippen LogP contribution in [0.3, 0.4) is 0 Å². The summed E-state index contributed by atoms with van der Waals surface area (Å²) in [6.07, 6.45) is 44.9. The van der Waals surface area contributed by atoms with E-state index in [2.05, 4.69) is 32.9 Å². The molecule has 0 radical (unpaired) electrons. The van der Waals surface area contributed by atoms with Crippen LogP contribution in [0.15, 0.2) is 12.2 Å². The molecule has 0 saturated carbocycles. The van der Waals surface area contributed by atoms with Crippen molar-refractivity contribution in [1.82, 2.24) is 0 Å². The SMILES string of the molecule is CCCCCCCCC/C=C\CCCCCCCC(=O)OCC(COC(=O)CCCCCCCCC)OC(=O)CCCCCCCCCCCCCC. The Balaban J connectivity index is 4.26. The largest absolute Gasteiger partial charge is 0.462 e. The van der Waals surface area contributed by atoms with Crippen molar-refractivity contribution in [1.29, 1.82) is 0 Å². The smallest absolute Gasteiger partial charge is 0.306 e. The summed E-state index contributed by atoms with van der Waals surface area (Å²) in [5.74, 6) is -0.876. The predicted octanol–water partition coefficient (Wildman–Crippen LogP) is 14.6. The molecule has 0 aliphatic rings. The Morgan fingerprint density at radius 1 is 0.358 bits per heavy atom. The highest BCUT2D eigenvalue weighted by Crippen LogP contribution is 2.15. The topological polar surface area (TPSA) is 78.9 Å². The van der Waals surface area contributed by atoms with Crippen LogP contribution in [0.2, 0.25) is 0 Å². The highest BCUT2D eigenvalue weighted by atomic mass is 16.6. The number of rotatable bonds is 42. The van der Waals surface area contributed by atoms with Gasteiger partial charge in [0, 0.05) is 19.3 Å². The molecule has 1 unspecified atom stereocenters. The zero-order valence-corrected chi connectivity index (χ0v) is 35.6. The molecule has 0 bridgehead atoms. The molecule has 6 heteroatoms. The van der Waals surface area contributed by atoms with E-state index < -0.39 is 6.10 Å². The molecule has 0 aliphatic carbocycles. The van der Waals surface area contributed by atoms with Crippen molar-refractivity contribution in [2.75, 3.05) is 13.2 Å². The first kappa shape index (κ1) is 51.1. The maximum atomic E-state index is 12.7. The predicted molar refractivity (Wildman–Crippen MR) is 224 cm³/mol.